The molecule has 0 bridgehead atoms. The van der Waals surface area contributed by atoms with Crippen molar-refractivity contribution in [3.05, 3.63) is 106 Å². The summed E-state index contributed by atoms with van der Waals surface area (Å²) in [5.41, 5.74) is 2.77. The average molecular weight is 441 g/mol. The van der Waals surface area contributed by atoms with Crippen molar-refractivity contribution >= 4 is 43.6 Å². The minimum absolute atomic E-state index is 0.00500. The van der Waals surface area contributed by atoms with Gasteiger partial charge in [0, 0.05) is 5.39 Å². The van der Waals surface area contributed by atoms with E-state index in [1.54, 1.807) is 23.1 Å². The molecule has 0 fully saturated rings. The van der Waals surface area contributed by atoms with Crippen LogP contribution >= 0.6 is 11.3 Å². The van der Waals surface area contributed by atoms with Crippen LogP contribution in [0.5, 0.6) is 0 Å². The summed E-state index contributed by atoms with van der Waals surface area (Å²) >= 11 is 1.45. The van der Waals surface area contributed by atoms with E-state index >= 15 is 0 Å². The Bertz CT molecular complexity index is 1490. The van der Waals surface area contributed by atoms with Crippen molar-refractivity contribution in [2.24, 2.45) is 0 Å². The topological polar surface area (TPSA) is 63.4 Å². The number of amides is 1. The van der Waals surface area contributed by atoms with Crippen molar-refractivity contribution < 1.29 is 9.21 Å². The second-order valence-electron chi connectivity index (χ2n) is 7.48. The molecule has 3 aromatic carbocycles. The van der Waals surface area contributed by atoms with Gasteiger partial charge in [-0.3, -0.25) is 9.69 Å². The molecular formula is C26H20N2O3S. The van der Waals surface area contributed by atoms with Gasteiger partial charge < -0.3 is 4.42 Å². The first-order valence-corrected chi connectivity index (χ1v) is 11.2. The van der Waals surface area contributed by atoms with E-state index in [1.807, 2.05) is 60.7 Å². The molecule has 0 saturated heterocycles. The van der Waals surface area contributed by atoms with Crippen molar-refractivity contribution in [1.29, 1.82) is 0 Å². The molecule has 5 nitrogen and oxygen atoms in total. The summed E-state index contributed by atoms with van der Waals surface area (Å²) in [6.07, 6.45) is 0.849. The molecule has 1 amide bonds. The Balaban J connectivity index is 1.64. The van der Waals surface area contributed by atoms with Crippen molar-refractivity contribution in [2.45, 2.75) is 19.9 Å². The lowest BCUT2D eigenvalue weighted by atomic mass is 10.1. The minimum Gasteiger partial charge on any atom is -0.422 e. The maximum Gasteiger partial charge on any atom is 0.349 e. The minimum atomic E-state index is -0.651. The van der Waals surface area contributed by atoms with E-state index in [1.165, 1.54) is 11.3 Å². The molecule has 2 heterocycles. The molecule has 0 atom stereocenters. The van der Waals surface area contributed by atoms with E-state index in [0.717, 1.165) is 27.8 Å². The predicted molar refractivity (Wildman–Crippen MR) is 128 cm³/mol. The number of thiazole rings is 1. The van der Waals surface area contributed by atoms with Gasteiger partial charge >= 0.3 is 5.63 Å². The molecule has 6 heteroatoms. The van der Waals surface area contributed by atoms with Crippen LogP contribution in [0, 0.1) is 0 Å². The summed E-state index contributed by atoms with van der Waals surface area (Å²) in [5.74, 6) is -0.425. The molecular weight excluding hydrogens is 420 g/mol. The number of aryl methyl sites for hydroxylation is 1. The van der Waals surface area contributed by atoms with Crippen LogP contribution in [0.15, 0.2) is 88.1 Å². The number of fused-ring (bicyclic) bond motifs is 2. The molecule has 158 valence electrons. The first kappa shape index (κ1) is 20.2. The first-order chi connectivity index (χ1) is 15.6. The molecule has 0 aliphatic heterocycles. The second-order valence-corrected chi connectivity index (χ2v) is 8.49. The lowest BCUT2D eigenvalue weighted by Gasteiger charge is -2.19. The van der Waals surface area contributed by atoms with E-state index in [2.05, 4.69) is 6.92 Å². The maximum absolute atomic E-state index is 13.7. The molecule has 0 spiro atoms. The summed E-state index contributed by atoms with van der Waals surface area (Å²) < 4.78 is 6.44. The fraction of sp³-hybridized carbons (Fsp3) is 0.115. The number of anilines is 1. The Morgan fingerprint density at radius 3 is 2.59 bits per heavy atom. The predicted octanol–water partition coefficient (Wildman–Crippen LogP) is 5.81. The molecule has 0 aliphatic carbocycles. The number of hydrogen-bond acceptors (Lipinski definition) is 5. The van der Waals surface area contributed by atoms with E-state index in [9.17, 15) is 9.59 Å². The monoisotopic (exact) mass is 440 g/mol. The Morgan fingerprint density at radius 1 is 1.00 bits per heavy atom. The highest BCUT2D eigenvalue weighted by Gasteiger charge is 2.25. The highest BCUT2D eigenvalue weighted by molar-refractivity contribution is 7.22. The third-order valence-corrected chi connectivity index (χ3v) is 6.45. The lowest BCUT2D eigenvalue weighted by molar-refractivity contribution is 0.0981. The van der Waals surface area contributed by atoms with Crippen molar-refractivity contribution in [1.82, 2.24) is 4.98 Å². The SMILES string of the molecule is CCc1cccc2sc(N(Cc3ccccc3)C(=O)c3cc4ccccc4oc3=O)nc12. The van der Waals surface area contributed by atoms with Crippen LogP contribution in [0.2, 0.25) is 0 Å². The normalized spacial score (nSPS) is 11.2. The standard InChI is InChI=1S/C26H20N2O3S/c1-2-18-12-8-14-22-23(18)27-26(32-22)28(16-17-9-4-3-5-10-17)24(29)20-15-19-11-6-7-13-21(19)31-25(20)30/h3-15H,2,16H2,1H3. The van der Waals surface area contributed by atoms with Crippen LogP contribution in [0.3, 0.4) is 0 Å². The average Bonchev–Trinajstić information content (AvgIpc) is 3.26. The quantitative estimate of drug-likeness (QED) is 0.324. The van der Waals surface area contributed by atoms with Crippen LogP contribution in [0.4, 0.5) is 5.13 Å². The largest absolute Gasteiger partial charge is 0.422 e. The Hall–Kier alpha value is -3.77. The van der Waals surface area contributed by atoms with Gasteiger partial charge in [-0.05, 0) is 35.7 Å². The van der Waals surface area contributed by atoms with Crippen molar-refractivity contribution in [2.75, 3.05) is 4.90 Å². The van der Waals surface area contributed by atoms with Gasteiger partial charge in [0.15, 0.2) is 5.13 Å². The maximum atomic E-state index is 13.7. The third-order valence-electron chi connectivity index (χ3n) is 5.40. The van der Waals surface area contributed by atoms with E-state index in [0.29, 0.717) is 22.6 Å². The lowest BCUT2D eigenvalue weighted by Crippen LogP contribution is -2.33. The zero-order valence-corrected chi connectivity index (χ0v) is 18.3. The van der Waals surface area contributed by atoms with Gasteiger partial charge in [-0.15, -0.1) is 0 Å². The Kier molecular flexibility index (Phi) is 5.29. The van der Waals surface area contributed by atoms with Crippen molar-refractivity contribution in [3.8, 4) is 0 Å². The van der Waals surface area contributed by atoms with Gasteiger partial charge in [0.25, 0.3) is 5.91 Å². The number of hydrogen-bond donors (Lipinski definition) is 0. The fourth-order valence-corrected chi connectivity index (χ4v) is 4.75. The third kappa shape index (κ3) is 3.69. The van der Waals surface area contributed by atoms with Crippen LogP contribution in [-0.2, 0) is 13.0 Å². The number of carbonyl (C=O) groups excluding carboxylic acids is 1. The van der Waals surface area contributed by atoms with E-state index in [-0.39, 0.29) is 5.56 Å². The molecule has 5 aromatic rings. The van der Waals surface area contributed by atoms with E-state index in [4.69, 9.17) is 9.40 Å². The number of nitrogens with zero attached hydrogens (tertiary/aromatic N) is 2. The van der Waals surface area contributed by atoms with Gasteiger partial charge in [0.1, 0.15) is 11.1 Å². The molecule has 2 aromatic heterocycles. The van der Waals surface area contributed by atoms with Gasteiger partial charge in [-0.25, -0.2) is 9.78 Å². The van der Waals surface area contributed by atoms with Gasteiger partial charge in [-0.1, -0.05) is 78.9 Å². The summed E-state index contributed by atoms with van der Waals surface area (Å²) in [6, 6.07) is 24.5. The summed E-state index contributed by atoms with van der Waals surface area (Å²) in [7, 11) is 0. The molecule has 0 saturated carbocycles. The molecule has 5 rings (SSSR count). The Morgan fingerprint density at radius 2 is 1.78 bits per heavy atom. The molecule has 0 aliphatic rings. The fourth-order valence-electron chi connectivity index (χ4n) is 3.74. The summed E-state index contributed by atoms with van der Waals surface area (Å²) in [5, 5.41) is 1.26. The molecule has 0 radical (unpaired) electrons. The smallest absolute Gasteiger partial charge is 0.349 e. The molecule has 0 N–H and O–H groups in total. The number of benzene rings is 3. The molecule has 32 heavy (non-hydrogen) atoms. The van der Waals surface area contributed by atoms with Gasteiger partial charge in [-0.2, -0.15) is 0 Å². The van der Waals surface area contributed by atoms with Gasteiger partial charge in [0.05, 0.1) is 16.8 Å². The number of aromatic nitrogens is 1. The summed E-state index contributed by atoms with van der Waals surface area (Å²) in [4.78, 5) is 32.8. The van der Waals surface area contributed by atoms with Crippen LogP contribution in [0.25, 0.3) is 21.2 Å². The highest BCUT2D eigenvalue weighted by atomic mass is 32.1. The van der Waals surface area contributed by atoms with Crippen LogP contribution < -0.4 is 10.5 Å². The van der Waals surface area contributed by atoms with Gasteiger partial charge in [0.2, 0.25) is 0 Å². The Labute approximate surface area is 188 Å². The van der Waals surface area contributed by atoms with E-state index < -0.39 is 11.5 Å². The van der Waals surface area contributed by atoms with Crippen LogP contribution in [0.1, 0.15) is 28.4 Å². The highest BCUT2D eigenvalue weighted by Crippen LogP contribution is 2.32. The zero-order valence-electron chi connectivity index (χ0n) is 17.4. The first-order valence-electron chi connectivity index (χ1n) is 10.4. The number of carbonyl (C=O) groups is 1. The number of para-hydroxylation sites is 2. The zero-order chi connectivity index (χ0) is 22.1. The van der Waals surface area contributed by atoms with Crippen LogP contribution in [-0.4, -0.2) is 10.9 Å². The van der Waals surface area contributed by atoms with Crippen molar-refractivity contribution in [3.63, 3.8) is 0 Å². The number of rotatable bonds is 5. The molecule has 0 unspecified atom stereocenters. The second kappa shape index (κ2) is 8.40. The summed E-state index contributed by atoms with van der Waals surface area (Å²) in [6.45, 7) is 2.38.